The van der Waals surface area contributed by atoms with Gasteiger partial charge in [-0.25, -0.2) is 0 Å². The highest BCUT2D eigenvalue weighted by atomic mass is 16.5. The molecule has 0 bridgehead atoms. The molecule has 0 aliphatic heterocycles. The first-order valence-corrected chi connectivity index (χ1v) is 8.12. The zero-order chi connectivity index (χ0) is 16.0. The zero-order valence-electron chi connectivity index (χ0n) is 13.4. The second kappa shape index (κ2) is 12.0. The number of rotatable bonds is 12. The van der Waals surface area contributed by atoms with Crippen LogP contribution in [0.4, 0.5) is 0 Å². The van der Waals surface area contributed by atoms with Crippen molar-refractivity contribution in [2.45, 2.75) is 64.2 Å². The fourth-order valence-electron chi connectivity index (χ4n) is 2.40. The van der Waals surface area contributed by atoms with Crippen LogP contribution >= 0.6 is 0 Å². The summed E-state index contributed by atoms with van der Waals surface area (Å²) in [5.41, 5.74) is 9.77. The van der Waals surface area contributed by atoms with Crippen LogP contribution in [0.15, 0.2) is 35.4 Å². The molecular weight excluding hydrogens is 278 g/mol. The normalized spacial score (nSPS) is 13.4. The largest absolute Gasteiger partial charge is 0.394 e. The molecule has 122 valence electrons. The van der Waals surface area contributed by atoms with Gasteiger partial charge in [0, 0.05) is 4.91 Å². The van der Waals surface area contributed by atoms with Crippen molar-refractivity contribution < 1.29 is 9.84 Å². The topological polar surface area (TPSA) is 78.2 Å². The maximum Gasteiger partial charge on any atom is 0.0894 e. The van der Waals surface area contributed by atoms with E-state index in [-0.39, 0.29) is 12.6 Å². The van der Waals surface area contributed by atoms with Gasteiger partial charge in [0.15, 0.2) is 0 Å². The third-order valence-corrected chi connectivity index (χ3v) is 3.72. The summed E-state index contributed by atoms with van der Waals surface area (Å²) in [6.07, 6.45) is 6.08. The summed E-state index contributed by atoms with van der Waals surface area (Å²) in [5.74, 6) is 0. The maximum atomic E-state index is 9.53. The van der Waals surface area contributed by atoms with E-state index in [4.69, 9.17) is 10.3 Å². The Morgan fingerprint density at radius 1 is 1.18 bits per heavy atom. The molecule has 0 unspecified atom stereocenters. The molecule has 0 aliphatic rings. The van der Waals surface area contributed by atoms with Gasteiger partial charge in [-0.2, -0.15) is 0 Å². The summed E-state index contributed by atoms with van der Waals surface area (Å²) in [6, 6.07) is 9.49. The lowest BCUT2D eigenvalue weighted by Crippen LogP contribution is -2.31. The molecule has 0 aromatic heterocycles. The van der Waals surface area contributed by atoms with E-state index in [0.717, 1.165) is 24.8 Å². The van der Waals surface area contributed by atoms with Crippen molar-refractivity contribution in [3.8, 4) is 0 Å². The molecule has 2 atom stereocenters. The summed E-state index contributed by atoms with van der Waals surface area (Å²) in [7, 11) is 0. The predicted octanol–water partition coefficient (Wildman–Crippen LogP) is 4.60. The van der Waals surface area contributed by atoms with Crippen LogP contribution in [-0.2, 0) is 11.3 Å². The van der Waals surface area contributed by atoms with Gasteiger partial charge in [0.25, 0.3) is 0 Å². The fourth-order valence-corrected chi connectivity index (χ4v) is 2.40. The molecule has 0 spiro atoms. The van der Waals surface area contributed by atoms with Crippen molar-refractivity contribution >= 4 is 0 Å². The lowest BCUT2D eigenvalue weighted by Gasteiger charge is -2.22. The molecule has 22 heavy (non-hydrogen) atoms. The Morgan fingerprint density at radius 3 is 2.55 bits per heavy atom. The Balaban J connectivity index is 2.45. The lowest BCUT2D eigenvalue weighted by atomic mass is 10.0. The van der Waals surface area contributed by atoms with Crippen molar-refractivity contribution in [3.05, 3.63) is 46.3 Å². The minimum absolute atomic E-state index is 0.133. The minimum Gasteiger partial charge on any atom is -0.394 e. The second-order valence-corrected chi connectivity index (χ2v) is 5.49. The average Bonchev–Trinajstić information content (AvgIpc) is 2.56. The van der Waals surface area contributed by atoms with E-state index >= 15 is 0 Å². The third kappa shape index (κ3) is 7.46. The van der Waals surface area contributed by atoms with Crippen molar-refractivity contribution in [1.29, 1.82) is 0 Å². The Bertz CT molecular complexity index is 433. The van der Waals surface area contributed by atoms with E-state index in [2.05, 4.69) is 16.9 Å². The highest BCUT2D eigenvalue weighted by Crippen LogP contribution is 2.16. The molecule has 5 nitrogen and oxygen atoms in total. The van der Waals surface area contributed by atoms with Gasteiger partial charge in [-0.05, 0) is 17.5 Å². The number of azide groups is 1. The lowest BCUT2D eigenvalue weighted by molar-refractivity contribution is -0.0140. The van der Waals surface area contributed by atoms with E-state index in [1.54, 1.807) is 0 Å². The molecule has 1 N–H and O–H groups in total. The molecule has 0 saturated heterocycles. The molecule has 1 aromatic rings. The van der Waals surface area contributed by atoms with E-state index < -0.39 is 6.10 Å². The van der Waals surface area contributed by atoms with Crippen molar-refractivity contribution in [2.75, 3.05) is 6.61 Å². The predicted molar refractivity (Wildman–Crippen MR) is 88.4 cm³/mol. The molecule has 1 aromatic carbocycles. The van der Waals surface area contributed by atoms with Crippen LogP contribution in [0.5, 0.6) is 0 Å². The van der Waals surface area contributed by atoms with Gasteiger partial charge in [0.05, 0.1) is 25.4 Å². The number of unbranched alkanes of at least 4 members (excludes halogenated alkanes) is 4. The van der Waals surface area contributed by atoms with Crippen LogP contribution in [0.3, 0.4) is 0 Å². The van der Waals surface area contributed by atoms with Gasteiger partial charge >= 0.3 is 0 Å². The van der Waals surface area contributed by atoms with Crippen molar-refractivity contribution in [1.82, 2.24) is 0 Å². The zero-order valence-corrected chi connectivity index (χ0v) is 13.4. The van der Waals surface area contributed by atoms with Crippen LogP contribution in [-0.4, -0.2) is 23.9 Å². The van der Waals surface area contributed by atoms with Crippen molar-refractivity contribution in [2.24, 2.45) is 5.11 Å². The molecule has 0 saturated carbocycles. The summed E-state index contributed by atoms with van der Waals surface area (Å²) in [5, 5.41) is 13.4. The Kier molecular flexibility index (Phi) is 10.1. The minimum atomic E-state index is -0.442. The van der Waals surface area contributed by atoms with Gasteiger partial charge in [0.1, 0.15) is 0 Å². The Hall–Kier alpha value is -1.55. The van der Waals surface area contributed by atoms with Gasteiger partial charge in [-0.1, -0.05) is 74.5 Å². The number of hydrogen-bond acceptors (Lipinski definition) is 3. The van der Waals surface area contributed by atoms with E-state index in [9.17, 15) is 5.11 Å². The SMILES string of the molecule is CCCCCCC[C@H](N=[N+]=[N-])[C@@H](CO)OCc1ccccc1. The smallest absolute Gasteiger partial charge is 0.0894 e. The van der Waals surface area contributed by atoms with Crippen LogP contribution in [0, 0.1) is 0 Å². The number of aliphatic hydroxyl groups is 1. The summed E-state index contributed by atoms with van der Waals surface area (Å²) in [6.45, 7) is 2.47. The molecule has 0 aliphatic carbocycles. The Morgan fingerprint density at radius 2 is 1.91 bits per heavy atom. The standard InChI is InChI=1S/C17H27N3O2/c1-2-3-4-5-9-12-16(19-20-18)17(13-21)22-14-15-10-7-6-8-11-15/h6-8,10-11,16-17,21H,2-5,9,12-14H2,1H3/t16-,17+/m0/s1. The van der Waals surface area contributed by atoms with E-state index in [1.165, 1.54) is 19.3 Å². The molecular formula is C17H27N3O2. The van der Waals surface area contributed by atoms with Gasteiger partial charge < -0.3 is 9.84 Å². The molecule has 0 heterocycles. The summed E-state index contributed by atoms with van der Waals surface area (Å²) >= 11 is 0. The van der Waals surface area contributed by atoms with Crippen LogP contribution in [0.2, 0.25) is 0 Å². The van der Waals surface area contributed by atoms with Gasteiger partial charge in [0.2, 0.25) is 0 Å². The van der Waals surface area contributed by atoms with Gasteiger partial charge in [-0.15, -0.1) is 0 Å². The number of ether oxygens (including phenoxy) is 1. The number of benzene rings is 1. The average molecular weight is 305 g/mol. The van der Waals surface area contributed by atoms with Crippen LogP contribution < -0.4 is 0 Å². The second-order valence-electron chi connectivity index (χ2n) is 5.49. The maximum absolute atomic E-state index is 9.53. The molecule has 0 radical (unpaired) electrons. The van der Waals surface area contributed by atoms with Crippen molar-refractivity contribution in [3.63, 3.8) is 0 Å². The highest BCUT2D eigenvalue weighted by Gasteiger charge is 2.20. The fraction of sp³-hybridized carbons (Fsp3) is 0.647. The number of nitrogens with zero attached hydrogens (tertiary/aromatic N) is 3. The molecule has 5 heteroatoms. The van der Waals surface area contributed by atoms with Gasteiger partial charge in [-0.3, -0.25) is 0 Å². The highest BCUT2D eigenvalue weighted by molar-refractivity contribution is 5.13. The van der Waals surface area contributed by atoms with Crippen LogP contribution in [0.1, 0.15) is 51.0 Å². The molecule has 1 rings (SSSR count). The third-order valence-electron chi connectivity index (χ3n) is 3.72. The van der Waals surface area contributed by atoms with Crippen LogP contribution in [0.25, 0.3) is 10.4 Å². The summed E-state index contributed by atoms with van der Waals surface area (Å²) < 4.78 is 5.76. The first-order chi connectivity index (χ1) is 10.8. The molecule has 0 amide bonds. The Labute approximate surface area is 132 Å². The van der Waals surface area contributed by atoms with E-state index in [0.29, 0.717) is 6.61 Å². The molecule has 0 fully saturated rings. The number of aliphatic hydroxyl groups excluding tert-OH is 1. The summed E-state index contributed by atoms with van der Waals surface area (Å²) in [4.78, 5) is 2.91. The first-order valence-electron chi connectivity index (χ1n) is 8.12. The number of hydrogen-bond donors (Lipinski definition) is 1. The first kappa shape index (κ1) is 18.5. The monoisotopic (exact) mass is 305 g/mol. The van der Waals surface area contributed by atoms with E-state index in [1.807, 2.05) is 30.3 Å². The quantitative estimate of drug-likeness (QED) is 0.265.